The highest BCUT2D eigenvalue weighted by Gasteiger charge is 2.03. The summed E-state index contributed by atoms with van der Waals surface area (Å²) in [5.41, 5.74) is 0. The van der Waals surface area contributed by atoms with Gasteiger partial charge in [-0.15, -0.1) is 0 Å². The van der Waals surface area contributed by atoms with E-state index in [2.05, 4.69) is 18.3 Å². The number of nitrogens with zero attached hydrogens (tertiary/aromatic N) is 1. The first kappa shape index (κ1) is 15.4. The second-order valence-electron chi connectivity index (χ2n) is 4.08. The molecule has 0 aliphatic carbocycles. The van der Waals surface area contributed by atoms with Gasteiger partial charge in [-0.05, 0) is 13.0 Å². The van der Waals surface area contributed by atoms with Crippen LogP contribution in [0.3, 0.4) is 0 Å². The largest absolute Gasteiger partial charge is 0.379 e. The van der Waals surface area contributed by atoms with Gasteiger partial charge in [-0.3, -0.25) is 0 Å². The molecule has 0 bridgehead atoms. The Morgan fingerprint density at radius 1 is 1.12 bits per heavy atom. The Balaban J connectivity index is 3.16. The van der Waals surface area contributed by atoms with Crippen molar-refractivity contribution in [3.8, 4) is 6.07 Å². The maximum absolute atomic E-state index is 8.76. The third-order valence-electron chi connectivity index (χ3n) is 2.53. The molecule has 3 nitrogen and oxygen atoms in total. The molecule has 0 aliphatic rings. The fourth-order valence-corrected chi connectivity index (χ4v) is 1.57. The van der Waals surface area contributed by atoms with Gasteiger partial charge >= 0.3 is 0 Å². The number of unbranched alkanes of at least 4 members (excludes halogenated alkanes) is 5. The summed E-state index contributed by atoms with van der Waals surface area (Å²) in [7, 11) is 0. The quantitative estimate of drug-likeness (QED) is 0.551. The van der Waals surface area contributed by atoms with Gasteiger partial charge in [0.2, 0.25) is 0 Å². The molecule has 0 aromatic rings. The fraction of sp³-hybridized carbons (Fsp3) is 0.923. The van der Waals surface area contributed by atoms with Crippen LogP contribution in [0.15, 0.2) is 0 Å². The van der Waals surface area contributed by atoms with Gasteiger partial charge in [0, 0.05) is 6.61 Å². The first-order valence-electron chi connectivity index (χ1n) is 6.55. The summed E-state index contributed by atoms with van der Waals surface area (Å²) in [4.78, 5) is 0. The van der Waals surface area contributed by atoms with E-state index in [1.165, 1.54) is 32.1 Å². The molecule has 0 heterocycles. The van der Waals surface area contributed by atoms with Crippen LogP contribution in [0.4, 0.5) is 0 Å². The fourth-order valence-electron chi connectivity index (χ4n) is 1.57. The molecule has 3 heteroatoms. The molecule has 1 atom stereocenters. The molecule has 16 heavy (non-hydrogen) atoms. The van der Waals surface area contributed by atoms with E-state index in [4.69, 9.17) is 10.00 Å². The maximum Gasteiger partial charge on any atom is 0.119 e. The lowest BCUT2D eigenvalue weighted by Crippen LogP contribution is -2.31. The van der Waals surface area contributed by atoms with E-state index in [9.17, 15) is 0 Å². The number of hydrogen-bond donors (Lipinski definition) is 1. The Labute approximate surface area is 100 Å². The van der Waals surface area contributed by atoms with Crippen LogP contribution in [0.25, 0.3) is 0 Å². The number of nitrogens with one attached hydrogen (secondary N) is 1. The molecule has 0 amide bonds. The van der Waals surface area contributed by atoms with Gasteiger partial charge in [-0.25, -0.2) is 0 Å². The number of ether oxygens (including phenoxy) is 1. The van der Waals surface area contributed by atoms with Crippen molar-refractivity contribution in [3.05, 3.63) is 0 Å². The van der Waals surface area contributed by atoms with E-state index in [0.29, 0.717) is 6.61 Å². The molecule has 0 saturated carbocycles. The van der Waals surface area contributed by atoms with Crippen molar-refractivity contribution in [2.75, 3.05) is 19.8 Å². The van der Waals surface area contributed by atoms with Crippen LogP contribution < -0.4 is 5.32 Å². The highest BCUT2D eigenvalue weighted by molar-refractivity contribution is 4.88. The maximum atomic E-state index is 8.76. The third-order valence-corrected chi connectivity index (χ3v) is 2.53. The average molecular weight is 226 g/mol. The average Bonchev–Trinajstić information content (AvgIpc) is 2.31. The van der Waals surface area contributed by atoms with Gasteiger partial charge in [-0.2, -0.15) is 5.26 Å². The summed E-state index contributed by atoms with van der Waals surface area (Å²) in [5, 5.41) is 11.8. The molecule has 0 aliphatic heterocycles. The van der Waals surface area contributed by atoms with Crippen LogP contribution in [-0.2, 0) is 4.74 Å². The monoisotopic (exact) mass is 226 g/mol. The Morgan fingerprint density at radius 2 is 1.81 bits per heavy atom. The highest BCUT2D eigenvalue weighted by Crippen LogP contribution is 2.04. The SMILES string of the molecule is CCCCCCCCOCC(C#N)NCC. The van der Waals surface area contributed by atoms with Gasteiger partial charge < -0.3 is 10.1 Å². The predicted molar refractivity (Wildman–Crippen MR) is 67.3 cm³/mol. The number of likely N-dealkylation sites (N-methyl/N-ethyl adjacent to an activating group) is 1. The normalized spacial score (nSPS) is 12.3. The van der Waals surface area contributed by atoms with Crippen LogP contribution in [0.5, 0.6) is 0 Å². The number of hydrogen-bond acceptors (Lipinski definition) is 3. The first-order chi connectivity index (χ1) is 7.85. The zero-order chi connectivity index (χ0) is 12.1. The van der Waals surface area contributed by atoms with Gasteiger partial charge in [0.05, 0.1) is 12.7 Å². The Morgan fingerprint density at radius 3 is 2.44 bits per heavy atom. The summed E-state index contributed by atoms with van der Waals surface area (Å²) in [6.45, 7) is 6.34. The van der Waals surface area contributed by atoms with Crippen molar-refractivity contribution in [1.82, 2.24) is 5.32 Å². The minimum Gasteiger partial charge on any atom is -0.379 e. The van der Waals surface area contributed by atoms with Crippen LogP contribution in [0.2, 0.25) is 0 Å². The number of nitriles is 1. The van der Waals surface area contributed by atoms with Crippen LogP contribution in [0, 0.1) is 11.3 Å². The molecule has 0 radical (unpaired) electrons. The number of rotatable bonds is 11. The zero-order valence-corrected chi connectivity index (χ0v) is 10.8. The molecular weight excluding hydrogens is 200 g/mol. The van der Waals surface area contributed by atoms with Gasteiger partial charge in [0.25, 0.3) is 0 Å². The summed E-state index contributed by atoms with van der Waals surface area (Å²) in [6, 6.07) is 2.04. The molecule has 0 fully saturated rings. The molecule has 94 valence electrons. The van der Waals surface area contributed by atoms with Gasteiger partial charge in [-0.1, -0.05) is 46.0 Å². The molecule has 1 unspecified atom stereocenters. The summed E-state index contributed by atoms with van der Waals surface area (Å²) >= 11 is 0. The van der Waals surface area contributed by atoms with E-state index >= 15 is 0 Å². The first-order valence-corrected chi connectivity index (χ1v) is 6.55. The van der Waals surface area contributed by atoms with Gasteiger partial charge in [0.15, 0.2) is 0 Å². The van der Waals surface area contributed by atoms with Crippen molar-refractivity contribution in [2.45, 2.75) is 58.4 Å². The lowest BCUT2D eigenvalue weighted by atomic mass is 10.1. The molecule has 0 aromatic carbocycles. The Hall–Kier alpha value is -0.590. The lowest BCUT2D eigenvalue weighted by molar-refractivity contribution is 0.119. The Kier molecular flexibility index (Phi) is 12.0. The van der Waals surface area contributed by atoms with E-state index < -0.39 is 0 Å². The zero-order valence-electron chi connectivity index (χ0n) is 10.8. The molecule has 0 spiro atoms. The van der Waals surface area contributed by atoms with Crippen molar-refractivity contribution in [2.24, 2.45) is 0 Å². The van der Waals surface area contributed by atoms with E-state index in [0.717, 1.165) is 19.6 Å². The van der Waals surface area contributed by atoms with Crippen LogP contribution in [0.1, 0.15) is 52.4 Å². The van der Waals surface area contributed by atoms with Crippen LogP contribution in [-0.4, -0.2) is 25.8 Å². The second-order valence-corrected chi connectivity index (χ2v) is 4.08. The van der Waals surface area contributed by atoms with Crippen molar-refractivity contribution in [1.29, 1.82) is 5.26 Å². The van der Waals surface area contributed by atoms with Crippen molar-refractivity contribution < 1.29 is 4.74 Å². The smallest absolute Gasteiger partial charge is 0.119 e. The summed E-state index contributed by atoms with van der Waals surface area (Å²) < 4.78 is 5.46. The molecule has 1 N–H and O–H groups in total. The highest BCUT2D eigenvalue weighted by atomic mass is 16.5. The molecule has 0 saturated heterocycles. The predicted octanol–water partition coefficient (Wildman–Crippen LogP) is 2.87. The Bertz CT molecular complexity index is 177. The summed E-state index contributed by atoms with van der Waals surface area (Å²) in [6.07, 6.45) is 7.66. The van der Waals surface area contributed by atoms with Gasteiger partial charge in [0.1, 0.15) is 6.04 Å². The third kappa shape index (κ3) is 9.95. The van der Waals surface area contributed by atoms with E-state index in [1.807, 2.05) is 6.92 Å². The van der Waals surface area contributed by atoms with E-state index in [-0.39, 0.29) is 6.04 Å². The van der Waals surface area contributed by atoms with E-state index in [1.54, 1.807) is 0 Å². The molecule has 0 rings (SSSR count). The molecular formula is C13H26N2O. The van der Waals surface area contributed by atoms with Crippen LogP contribution >= 0.6 is 0 Å². The standard InChI is InChI=1S/C13H26N2O/c1-3-5-6-7-8-9-10-16-12-13(11-14)15-4-2/h13,15H,3-10,12H2,1-2H3. The second kappa shape index (κ2) is 12.5. The minimum atomic E-state index is -0.148. The van der Waals surface area contributed by atoms with Crippen molar-refractivity contribution in [3.63, 3.8) is 0 Å². The lowest BCUT2D eigenvalue weighted by Gasteiger charge is -2.10. The minimum absolute atomic E-state index is 0.148. The van der Waals surface area contributed by atoms with Crippen molar-refractivity contribution >= 4 is 0 Å². The molecule has 0 aromatic heterocycles. The summed E-state index contributed by atoms with van der Waals surface area (Å²) in [5.74, 6) is 0. The topological polar surface area (TPSA) is 45.0 Å².